The van der Waals surface area contributed by atoms with Gasteiger partial charge in [-0.25, -0.2) is 0 Å². The van der Waals surface area contributed by atoms with Crippen LogP contribution in [0.5, 0.6) is 0 Å². The zero-order chi connectivity index (χ0) is 20.1. The number of nitrogens with one attached hydrogen (secondary N) is 1. The molecule has 0 fully saturated rings. The first-order valence-electron chi connectivity index (χ1n) is 8.44. The van der Waals surface area contributed by atoms with Crippen LogP contribution in [0.3, 0.4) is 0 Å². The number of allylic oxidation sites excluding steroid dienone is 1. The van der Waals surface area contributed by atoms with Crippen molar-refractivity contribution in [2.75, 3.05) is 5.75 Å². The highest BCUT2D eigenvalue weighted by molar-refractivity contribution is 7.99. The van der Waals surface area contributed by atoms with Gasteiger partial charge in [0.15, 0.2) is 10.9 Å². The molecule has 1 amide bonds. The average Bonchev–Trinajstić information content (AvgIpc) is 3.32. The van der Waals surface area contributed by atoms with Gasteiger partial charge in [-0.2, -0.15) is 0 Å². The van der Waals surface area contributed by atoms with E-state index >= 15 is 0 Å². The molecule has 0 aliphatic heterocycles. The number of amides is 1. The van der Waals surface area contributed by atoms with Gasteiger partial charge in [-0.3, -0.25) is 9.36 Å². The molecule has 6 nitrogen and oxygen atoms in total. The highest BCUT2D eigenvalue weighted by Crippen LogP contribution is 2.26. The maximum absolute atomic E-state index is 12.4. The number of carbonyl (C=O) groups is 1. The fraction of sp³-hybridized carbons (Fsp3) is 0.211. The second-order valence-corrected chi connectivity index (χ2v) is 7.69. The summed E-state index contributed by atoms with van der Waals surface area (Å²) in [5.74, 6) is 1.27. The normalized spacial score (nSPS) is 12.0. The summed E-state index contributed by atoms with van der Waals surface area (Å²) in [5, 5.41) is 12.8. The van der Waals surface area contributed by atoms with Crippen molar-refractivity contribution >= 4 is 40.9 Å². The number of carbonyl (C=O) groups excluding carboxylic acids is 1. The number of benzene rings is 1. The second-order valence-electron chi connectivity index (χ2n) is 5.93. The number of hydrogen-bond donors (Lipinski definition) is 1. The van der Waals surface area contributed by atoms with E-state index in [9.17, 15) is 4.79 Å². The highest BCUT2D eigenvalue weighted by Gasteiger charge is 2.17. The summed E-state index contributed by atoms with van der Waals surface area (Å²) < 4.78 is 7.25. The number of aromatic nitrogens is 3. The molecular weight excluding hydrogens is 419 g/mol. The van der Waals surface area contributed by atoms with Crippen LogP contribution in [0, 0.1) is 0 Å². The Morgan fingerprint density at radius 1 is 1.36 bits per heavy atom. The molecule has 28 heavy (non-hydrogen) atoms. The van der Waals surface area contributed by atoms with E-state index in [0.717, 1.165) is 5.56 Å². The average molecular weight is 437 g/mol. The SMILES string of the molecule is C=CCn1c(SCC(=O)NC(C)c2ccc(Cl)c(Cl)c2)nnc1-c1ccco1. The number of halogens is 2. The number of hydrogen-bond acceptors (Lipinski definition) is 5. The van der Waals surface area contributed by atoms with Gasteiger partial charge in [-0.1, -0.05) is 47.1 Å². The van der Waals surface area contributed by atoms with Crippen LogP contribution in [0.1, 0.15) is 18.5 Å². The standard InChI is InChI=1S/C19H18Cl2N4O2S/c1-3-8-25-18(16-5-4-9-27-16)23-24-19(25)28-11-17(26)22-12(2)13-6-7-14(20)15(21)10-13/h3-7,9-10,12H,1,8,11H2,2H3,(H,22,26). The summed E-state index contributed by atoms with van der Waals surface area (Å²) in [6, 6.07) is 8.69. The highest BCUT2D eigenvalue weighted by atomic mass is 35.5. The maximum atomic E-state index is 12.4. The molecule has 3 aromatic rings. The van der Waals surface area contributed by atoms with Crippen molar-refractivity contribution in [1.82, 2.24) is 20.1 Å². The summed E-state index contributed by atoms with van der Waals surface area (Å²) >= 11 is 13.3. The number of nitrogens with zero attached hydrogens (tertiary/aromatic N) is 3. The van der Waals surface area contributed by atoms with Gasteiger partial charge in [0, 0.05) is 6.54 Å². The van der Waals surface area contributed by atoms with Crippen LogP contribution in [0.25, 0.3) is 11.6 Å². The number of rotatable bonds is 8. The molecule has 1 atom stereocenters. The molecule has 3 rings (SSSR count). The van der Waals surface area contributed by atoms with Gasteiger partial charge >= 0.3 is 0 Å². The molecule has 1 N–H and O–H groups in total. The first kappa shape index (κ1) is 20.5. The van der Waals surface area contributed by atoms with E-state index in [-0.39, 0.29) is 17.7 Å². The van der Waals surface area contributed by atoms with E-state index in [0.29, 0.717) is 33.3 Å². The maximum Gasteiger partial charge on any atom is 0.230 e. The van der Waals surface area contributed by atoms with E-state index in [1.807, 2.05) is 23.6 Å². The van der Waals surface area contributed by atoms with Crippen LogP contribution < -0.4 is 5.32 Å². The summed E-state index contributed by atoms with van der Waals surface area (Å²) in [6.45, 7) is 6.16. The smallest absolute Gasteiger partial charge is 0.230 e. The lowest BCUT2D eigenvalue weighted by Gasteiger charge is -2.15. The van der Waals surface area contributed by atoms with Gasteiger partial charge in [0.05, 0.1) is 28.1 Å². The van der Waals surface area contributed by atoms with Crippen LogP contribution in [0.2, 0.25) is 10.0 Å². The van der Waals surface area contributed by atoms with Crippen LogP contribution in [-0.2, 0) is 11.3 Å². The fourth-order valence-electron chi connectivity index (χ4n) is 2.56. The van der Waals surface area contributed by atoms with Crippen molar-refractivity contribution in [3.8, 4) is 11.6 Å². The van der Waals surface area contributed by atoms with Gasteiger partial charge < -0.3 is 9.73 Å². The van der Waals surface area contributed by atoms with Crippen molar-refractivity contribution in [1.29, 1.82) is 0 Å². The topological polar surface area (TPSA) is 73.0 Å². The molecular formula is C19H18Cl2N4O2S. The minimum atomic E-state index is -0.201. The van der Waals surface area contributed by atoms with Crippen LogP contribution >= 0.6 is 35.0 Å². The Morgan fingerprint density at radius 2 is 2.18 bits per heavy atom. The third-order valence-electron chi connectivity index (χ3n) is 3.92. The van der Waals surface area contributed by atoms with Crippen LogP contribution in [-0.4, -0.2) is 26.4 Å². The Kier molecular flexibility index (Phi) is 6.83. The Morgan fingerprint density at radius 3 is 2.86 bits per heavy atom. The molecule has 0 spiro atoms. The molecule has 0 saturated heterocycles. The zero-order valence-corrected chi connectivity index (χ0v) is 17.4. The first-order chi connectivity index (χ1) is 13.5. The molecule has 0 bridgehead atoms. The van der Waals surface area contributed by atoms with E-state index < -0.39 is 0 Å². The first-order valence-corrected chi connectivity index (χ1v) is 10.2. The van der Waals surface area contributed by atoms with Crippen molar-refractivity contribution < 1.29 is 9.21 Å². The zero-order valence-electron chi connectivity index (χ0n) is 15.1. The molecule has 1 unspecified atom stereocenters. The minimum absolute atomic E-state index is 0.128. The summed E-state index contributed by atoms with van der Waals surface area (Å²) in [7, 11) is 0. The molecule has 0 radical (unpaired) electrons. The molecule has 0 saturated carbocycles. The quantitative estimate of drug-likeness (QED) is 0.397. The predicted octanol–water partition coefficient (Wildman–Crippen LogP) is 5.00. The van der Waals surface area contributed by atoms with E-state index in [1.54, 1.807) is 30.5 Å². The minimum Gasteiger partial charge on any atom is -0.461 e. The Bertz CT molecular complexity index is 972. The van der Waals surface area contributed by atoms with Crippen molar-refractivity contribution in [2.45, 2.75) is 24.7 Å². The largest absolute Gasteiger partial charge is 0.461 e. The van der Waals surface area contributed by atoms with Crippen LogP contribution in [0.4, 0.5) is 0 Å². The third kappa shape index (κ3) is 4.79. The van der Waals surface area contributed by atoms with Gasteiger partial charge in [-0.05, 0) is 36.8 Å². The predicted molar refractivity (Wildman–Crippen MR) is 112 cm³/mol. The molecule has 2 heterocycles. The Balaban J connectivity index is 1.64. The van der Waals surface area contributed by atoms with Gasteiger partial charge in [0.25, 0.3) is 0 Å². The van der Waals surface area contributed by atoms with Gasteiger partial charge in [0.1, 0.15) is 0 Å². The van der Waals surface area contributed by atoms with Crippen molar-refractivity contribution in [3.63, 3.8) is 0 Å². The van der Waals surface area contributed by atoms with Crippen molar-refractivity contribution in [2.24, 2.45) is 0 Å². The van der Waals surface area contributed by atoms with Gasteiger partial charge in [0.2, 0.25) is 11.7 Å². The summed E-state index contributed by atoms with van der Waals surface area (Å²) in [5.41, 5.74) is 0.877. The fourth-order valence-corrected chi connectivity index (χ4v) is 3.62. The third-order valence-corrected chi connectivity index (χ3v) is 5.63. The monoisotopic (exact) mass is 436 g/mol. The summed E-state index contributed by atoms with van der Waals surface area (Å²) in [6.07, 6.45) is 3.32. The van der Waals surface area contributed by atoms with Crippen molar-refractivity contribution in [3.05, 3.63) is 64.9 Å². The lowest BCUT2D eigenvalue weighted by molar-refractivity contribution is -0.119. The lowest BCUT2D eigenvalue weighted by atomic mass is 10.1. The molecule has 0 aliphatic rings. The molecule has 1 aromatic carbocycles. The molecule has 146 valence electrons. The number of furan rings is 1. The van der Waals surface area contributed by atoms with Crippen LogP contribution in [0.15, 0.2) is 58.8 Å². The number of thioether (sulfide) groups is 1. The van der Waals surface area contributed by atoms with E-state index in [2.05, 4.69) is 22.1 Å². The molecule has 9 heteroatoms. The summed E-state index contributed by atoms with van der Waals surface area (Å²) in [4.78, 5) is 12.4. The molecule has 2 aromatic heterocycles. The Labute approximate surface area is 176 Å². The van der Waals surface area contributed by atoms with E-state index in [4.69, 9.17) is 27.6 Å². The molecule has 0 aliphatic carbocycles. The second kappa shape index (κ2) is 9.32. The van der Waals surface area contributed by atoms with E-state index in [1.165, 1.54) is 11.8 Å². The lowest BCUT2D eigenvalue weighted by Crippen LogP contribution is -2.28. The Hall–Kier alpha value is -2.22. The van der Waals surface area contributed by atoms with Gasteiger partial charge in [-0.15, -0.1) is 16.8 Å².